The summed E-state index contributed by atoms with van der Waals surface area (Å²) in [6.07, 6.45) is 0.565. The number of anilines is 2. The van der Waals surface area contributed by atoms with E-state index in [-0.39, 0.29) is 34.7 Å². The van der Waals surface area contributed by atoms with Crippen molar-refractivity contribution in [2.75, 3.05) is 21.0 Å². The summed E-state index contributed by atoms with van der Waals surface area (Å²) in [7, 11) is -7.97. The molecular formula is C21H24N2O6S2. The first-order chi connectivity index (χ1) is 14.6. The summed E-state index contributed by atoms with van der Waals surface area (Å²) in [6, 6.07) is 11.0. The zero-order valence-electron chi connectivity index (χ0n) is 17.5. The second-order valence-corrected chi connectivity index (χ2v) is 11.5. The third-order valence-electron chi connectivity index (χ3n) is 5.50. The highest BCUT2D eigenvalue weighted by Gasteiger charge is 2.43. The van der Waals surface area contributed by atoms with Crippen LogP contribution in [0.5, 0.6) is 5.75 Å². The maximum Gasteiger partial charge on any atom is 0.268 e. The van der Waals surface area contributed by atoms with Gasteiger partial charge >= 0.3 is 0 Å². The van der Waals surface area contributed by atoms with Crippen LogP contribution in [0.2, 0.25) is 0 Å². The third-order valence-corrected chi connectivity index (χ3v) is 9.32. The SMILES string of the molecule is CCOc1ccc(N2C(=O)C(C)CS2(=O)=O)cc1S(=O)(=O)N1c2ccccc2CC1C. The fourth-order valence-electron chi connectivity index (χ4n) is 4.20. The van der Waals surface area contributed by atoms with Crippen molar-refractivity contribution < 1.29 is 26.4 Å². The first-order valence-electron chi connectivity index (χ1n) is 10.0. The molecule has 2 aliphatic heterocycles. The Morgan fingerprint density at radius 2 is 1.84 bits per heavy atom. The Morgan fingerprint density at radius 1 is 1.13 bits per heavy atom. The molecule has 2 aromatic rings. The molecule has 31 heavy (non-hydrogen) atoms. The number of sulfonamides is 2. The number of rotatable bonds is 5. The molecule has 1 fully saturated rings. The van der Waals surface area contributed by atoms with Crippen LogP contribution in [-0.2, 0) is 31.3 Å². The van der Waals surface area contributed by atoms with Gasteiger partial charge in [-0.05, 0) is 50.1 Å². The Kier molecular flexibility index (Phi) is 5.25. The number of ether oxygens (including phenoxy) is 1. The molecule has 2 aliphatic rings. The van der Waals surface area contributed by atoms with Gasteiger partial charge in [0, 0.05) is 6.04 Å². The van der Waals surface area contributed by atoms with Gasteiger partial charge < -0.3 is 4.74 Å². The van der Waals surface area contributed by atoms with Gasteiger partial charge in [0.15, 0.2) is 0 Å². The van der Waals surface area contributed by atoms with Gasteiger partial charge in [0.25, 0.3) is 10.0 Å². The van der Waals surface area contributed by atoms with Crippen LogP contribution in [0.1, 0.15) is 26.3 Å². The first-order valence-corrected chi connectivity index (χ1v) is 13.1. The highest BCUT2D eigenvalue weighted by Crippen LogP contribution is 2.41. The van der Waals surface area contributed by atoms with Crippen molar-refractivity contribution in [1.29, 1.82) is 0 Å². The Morgan fingerprint density at radius 3 is 2.48 bits per heavy atom. The van der Waals surface area contributed by atoms with Gasteiger partial charge in [0.2, 0.25) is 15.9 Å². The Labute approximate surface area is 182 Å². The van der Waals surface area contributed by atoms with Gasteiger partial charge in [0.1, 0.15) is 10.6 Å². The number of hydrogen-bond donors (Lipinski definition) is 0. The maximum atomic E-state index is 13.8. The molecule has 0 saturated carbocycles. The van der Waals surface area contributed by atoms with E-state index in [1.165, 1.54) is 29.4 Å². The fraction of sp³-hybridized carbons (Fsp3) is 0.381. The molecule has 1 saturated heterocycles. The van der Waals surface area contributed by atoms with E-state index in [2.05, 4.69) is 0 Å². The van der Waals surface area contributed by atoms with E-state index >= 15 is 0 Å². The molecule has 10 heteroatoms. The summed E-state index contributed by atoms with van der Waals surface area (Å²) in [4.78, 5) is 12.4. The fourth-order valence-corrected chi connectivity index (χ4v) is 7.86. The highest BCUT2D eigenvalue weighted by atomic mass is 32.2. The van der Waals surface area contributed by atoms with Crippen LogP contribution in [0.3, 0.4) is 0 Å². The van der Waals surface area contributed by atoms with Crippen LogP contribution < -0.4 is 13.3 Å². The number of fused-ring (bicyclic) bond motifs is 1. The van der Waals surface area contributed by atoms with E-state index in [0.717, 1.165) is 5.56 Å². The smallest absolute Gasteiger partial charge is 0.268 e. The second-order valence-electron chi connectivity index (χ2n) is 7.83. The average Bonchev–Trinajstić information content (AvgIpc) is 3.14. The summed E-state index contributed by atoms with van der Waals surface area (Å²) in [5.74, 6) is -1.47. The Hall–Kier alpha value is -2.59. The summed E-state index contributed by atoms with van der Waals surface area (Å²) in [6.45, 7) is 5.31. The zero-order chi connectivity index (χ0) is 22.6. The number of nitrogens with zero attached hydrogens (tertiary/aromatic N) is 2. The normalized spacial score (nSPS) is 22.6. The molecule has 0 aliphatic carbocycles. The zero-order valence-corrected chi connectivity index (χ0v) is 19.1. The van der Waals surface area contributed by atoms with Crippen molar-refractivity contribution in [1.82, 2.24) is 0 Å². The third kappa shape index (κ3) is 3.47. The van der Waals surface area contributed by atoms with Gasteiger partial charge in [0.05, 0.1) is 29.7 Å². The largest absolute Gasteiger partial charge is 0.492 e. The summed E-state index contributed by atoms with van der Waals surface area (Å²) in [5, 5.41) is 0. The van der Waals surface area contributed by atoms with E-state index < -0.39 is 31.9 Å². The number of carbonyl (C=O) groups excluding carboxylic acids is 1. The molecule has 0 aromatic heterocycles. The number of carbonyl (C=O) groups is 1. The predicted octanol–water partition coefficient (Wildman–Crippen LogP) is 2.54. The van der Waals surface area contributed by atoms with Crippen LogP contribution in [-0.4, -0.2) is 41.1 Å². The summed E-state index contributed by atoms with van der Waals surface area (Å²) < 4.78 is 60.2. The van der Waals surface area contributed by atoms with Crippen molar-refractivity contribution in [3.63, 3.8) is 0 Å². The monoisotopic (exact) mass is 464 g/mol. The molecular weight excluding hydrogens is 440 g/mol. The lowest BCUT2D eigenvalue weighted by molar-refractivity contribution is -0.119. The molecule has 0 radical (unpaired) electrons. The molecule has 2 unspecified atom stereocenters. The van der Waals surface area contributed by atoms with Gasteiger partial charge in [-0.2, -0.15) is 0 Å². The molecule has 0 bridgehead atoms. The van der Waals surface area contributed by atoms with Crippen LogP contribution >= 0.6 is 0 Å². The standard InChI is InChI=1S/C21H24N2O6S2/c1-4-29-19-10-9-17(23-21(24)14(2)13-30(23,25)26)12-20(19)31(27,28)22-15(3)11-16-7-5-6-8-18(16)22/h5-10,12,14-15H,4,11,13H2,1-3H3. The average molecular weight is 465 g/mol. The summed E-state index contributed by atoms with van der Waals surface area (Å²) in [5.41, 5.74) is 1.50. The lowest BCUT2D eigenvalue weighted by Gasteiger charge is -2.26. The number of para-hydroxylation sites is 1. The van der Waals surface area contributed by atoms with E-state index in [4.69, 9.17) is 4.74 Å². The highest BCUT2D eigenvalue weighted by molar-refractivity contribution is 7.94. The Balaban J connectivity index is 1.88. The maximum absolute atomic E-state index is 13.8. The number of hydrogen-bond acceptors (Lipinski definition) is 6. The molecule has 166 valence electrons. The van der Waals surface area contributed by atoms with E-state index in [9.17, 15) is 21.6 Å². The second kappa shape index (κ2) is 7.52. The minimum Gasteiger partial charge on any atom is -0.492 e. The minimum atomic E-state index is -4.10. The van der Waals surface area contributed by atoms with Crippen molar-refractivity contribution in [2.24, 2.45) is 5.92 Å². The molecule has 4 rings (SSSR count). The summed E-state index contributed by atoms with van der Waals surface area (Å²) >= 11 is 0. The van der Waals surface area contributed by atoms with Crippen molar-refractivity contribution >= 4 is 37.3 Å². The number of amides is 1. The van der Waals surface area contributed by atoms with E-state index in [1.807, 2.05) is 19.1 Å². The molecule has 0 N–H and O–H groups in total. The van der Waals surface area contributed by atoms with Crippen LogP contribution in [0.15, 0.2) is 47.4 Å². The van der Waals surface area contributed by atoms with Gasteiger partial charge in [-0.25, -0.2) is 21.1 Å². The van der Waals surface area contributed by atoms with Crippen molar-refractivity contribution in [2.45, 2.75) is 38.1 Å². The van der Waals surface area contributed by atoms with Crippen LogP contribution in [0.4, 0.5) is 11.4 Å². The quantitative estimate of drug-likeness (QED) is 0.674. The van der Waals surface area contributed by atoms with Crippen molar-refractivity contribution in [3.8, 4) is 5.75 Å². The molecule has 8 nitrogen and oxygen atoms in total. The molecule has 0 spiro atoms. The first kappa shape index (κ1) is 21.6. The molecule has 2 heterocycles. The van der Waals surface area contributed by atoms with Gasteiger partial charge in [-0.15, -0.1) is 0 Å². The molecule has 2 aromatic carbocycles. The topological polar surface area (TPSA) is 101 Å². The Bertz CT molecular complexity index is 1260. The van der Waals surface area contributed by atoms with Crippen molar-refractivity contribution in [3.05, 3.63) is 48.0 Å². The predicted molar refractivity (Wildman–Crippen MR) is 117 cm³/mol. The van der Waals surface area contributed by atoms with Gasteiger partial charge in [-0.1, -0.05) is 25.1 Å². The minimum absolute atomic E-state index is 0.00323. The van der Waals surface area contributed by atoms with Gasteiger partial charge in [-0.3, -0.25) is 9.10 Å². The van der Waals surface area contributed by atoms with Crippen LogP contribution in [0, 0.1) is 5.92 Å². The molecule has 1 amide bonds. The van der Waals surface area contributed by atoms with E-state index in [0.29, 0.717) is 16.4 Å². The lowest BCUT2D eigenvalue weighted by atomic mass is 10.1. The van der Waals surface area contributed by atoms with E-state index in [1.54, 1.807) is 19.1 Å². The van der Waals surface area contributed by atoms with Crippen LogP contribution in [0.25, 0.3) is 0 Å². The number of benzene rings is 2. The molecule has 2 atom stereocenters. The lowest BCUT2D eigenvalue weighted by Crippen LogP contribution is -2.36.